The van der Waals surface area contributed by atoms with E-state index < -0.39 is 0 Å². The molecule has 0 radical (unpaired) electrons. The average Bonchev–Trinajstić information content (AvgIpc) is 2.96. The summed E-state index contributed by atoms with van der Waals surface area (Å²) in [6.45, 7) is 14.2. The number of benzene rings is 1. The molecule has 0 saturated heterocycles. The van der Waals surface area contributed by atoms with Gasteiger partial charge in [0, 0.05) is 22.0 Å². The van der Waals surface area contributed by atoms with E-state index in [4.69, 9.17) is 0 Å². The van der Waals surface area contributed by atoms with Crippen LogP contribution in [-0.2, 0) is 0 Å². The molecule has 0 atom stereocenters. The summed E-state index contributed by atoms with van der Waals surface area (Å²) in [4.78, 5) is 3.56. The Morgan fingerprint density at radius 2 is 1.58 bits per heavy atom. The SMILES string of the molecule is C=C/C(c1ccccc1)=c1/[nH]c(/C=C\C)c(/C=C\C)/c1=C/C.CC. The van der Waals surface area contributed by atoms with Crippen LogP contribution in [0.1, 0.15) is 51.4 Å². The largest absolute Gasteiger partial charge is 0.354 e. The molecule has 0 fully saturated rings. The molecule has 0 unspecified atom stereocenters. The number of H-pyrrole nitrogens is 1. The summed E-state index contributed by atoms with van der Waals surface area (Å²) in [7, 11) is 0. The van der Waals surface area contributed by atoms with Gasteiger partial charge in [0.1, 0.15) is 0 Å². The number of rotatable bonds is 4. The molecule has 0 aliphatic rings. The zero-order valence-corrected chi connectivity index (χ0v) is 15.6. The van der Waals surface area contributed by atoms with Gasteiger partial charge >= 0.3 is 0 Å². The second-order valence-corrected chi connectivity index (χ2v) is 5.01. The number of hydrogen-bond acceptors (Lipinski definition) is 0. The number of aromatic nitrogens is 1. The Labute approximate surface area is 146 Å². The molecule has 0 saturated carbocycles. The summed E-state index contributed by atoms with van der Waals surface area (Å²) in [5, 5.41) is 2.33. The molecule has 1 aromatic heterocycles. The summed E-state index contributed by atoms with van der Waals surface area (Å²) < 4.78 is 0. The minimum Gasteiger partial charge on any atom is -0.354 e. The molecular weight excluding hydrogens is 290 g/mol. The highest BCUT2D eigenvalue weighted by Crippen LogP contribution is 2.12. The van der Waals surface area contributed by atoms with Crippen LogP contribution in [0.2, 0.25) is 0 Å². The maximum atomic E-state index is 4.01. The Kier molecular flexibility index (Phi) is 8.35. The van der Waals surface area contributed by atoms with Gasteiger partial charge in [0.15, 0.2) is 0 Å². The summed E-state index contributed by atoms with van der Waals surface area (Å²) in [5.41, 5.74) is 4.63. The van der Waals surface area contributed by atoms with Crippen LogP contribution in [0, 0.1) is 0 Å². The first-order valence-corrected chi connectivity index (χ1v) is 8.62. The van der Waals surface area contributed by atoms with E-state index in [9.17, 15) is 0 Å². The minimum atomic E-state index is 1.12. The molecule has 0 aliphatic carbocycles. The monoisotopic (exact) mass is 319 g/mol. The molecule has 24 heavy (non-hydrogen) atoms. The topological polar surface area (TPSA) is 15.8 Å². The molecule has 1 heterocycles. The second kappa shape index (κ2) is 10.3. The van der Waals surface area contributed by atoms with E-state index in [0.29, 0.717) is 0 Å². The lowest BCUT2D eigenvalue weighted by Crippen LogP contribution is -2.26. The Balaban J connectivity index is 0.00000139. The van der Waals surface area contributed by atoms with E-state index in [1.54, 1.807) is 0 Å². The van der Waals surface area contributed by atoms with Crippen molar-refractivity contribution in [3.63, 3.8) is 0 Å². The average molecular weight is 319 g/mol. The second-order valence-electron chi connectivity index (χ2n) is 5.01. The molecule has 0 spiro atoms. The first-order chi connectivity index (χ1) is 11.8. The van der Waals surface area contributed by atoms with Gasteiger partial charge in [0.05, 0.1) is 5.35 Å². The van der Waals surface area contributed by atoms with Crippen molar-refractivity contribution in [3.8, 4) is 0 Å². The van der Waals surface area contributed by atoms with E-state index in [2.05, 4.69) is 73.1 Å². The fraction of sp³-hybridized carbons (Fsp3) is 0.217. The van der Waals surface area contributed by atoms with Crippen molar-refractivity contribution in [1.82, 2.24) is 4.98 Å². The van der Waals surface area contributed by atoms with Gasteiger partial charge in [-0.3, -0.25) is 0 Å². The smallest absolute Gasteiger partial charge is 0.0540 e. The fourth-order valence-corrected chi connectivity index (χ4v) is 2.69. The zero-order chi connectivity index (χ0) is 17.9. The highest BCUT2D eigenvalue weighted by atomic mass is 14.7. The van der Waals surface area contributed by atoms with Gasteiger partial charge in [-0.25, -0.2) is 0 Å². The van der Waals surface area contributed by atoms with E-state index in [0.717, 1.165) is 16.6 Å². The molecule has 1 nitrogen and oxygen atoms in total. The van der Waals surface area contributed by atoms with Crippen LogP contribution in [0.3, 0.4) is 0 Å². The third-order valence-corrected chi connectivity index (χ3v) is 3.62. The van der Waals surface area contributed by atoms with Crippen molar-refractivity contribution in [3.05, 3.63) is 82.5 Å². The van der Waals surface area contributed by atoms with Gasteiger partial charge in [0.2, 0.25) is 0 Å². The molecule has 126 valence electrons. The van der Waals surface area contributed by atoms with E-state index >= 15 is 0 Å². The van der Waals surface area contributed by atoms with Crippen LogP contribution in [0.5, 0.6) is 0 Å². The van der Waals surface area contributed by atoms with Crippen LogP contribution < -0.4 is 10.6 Å². The summed E-state index contributed by atoms with van der Waals surface area (Å²) in [6, 6.07) is 10.4. The number of allylic oxidation sites excluding steroid dienone is 3. The molecule has 0 amide bonds. The van der Waals surface area contributed by atoms with Gasteiger partial charge in [-0.05, 0) is 32.4 Å². The van der Waals surface area contributed by atoms with Gasteiger partial charge < -0.3 is 4.98 Å². The lowest BCUT2D eigenvalue weighted by molar-refractivity contribution is 1.27. The normalized spacial score (nSPS) is 13.1. The number of aromatic amines is 1. The third kappa shape index (κ3) is 4.26. The molecule has 2 aromatic rings. The highest BCUT2D eigenvalue weighted by molar-refractivity contribution is 5.75. The Morgan fingerprint density at radius 3 is 2.08 bits per heavy atom. The summed E-state index contributed by atoms with van der Waals surface area (Å²) >= 11 is 0. The lowest BCUT2D eigenvalue weighted by Gasteiger charge is -2.00. The highest BCUT2D eigenvalue weighted by Gasteiger charge is 2.07. The molecular formula is C23H29N. The van der Waals surface area contributed by atoms with Gasteiger partial charge in [0.25, 0.3) is 0 Å². The maximum Gasteiger partial charge on any atom is 0.0540 e. The minimum absolute atomic E-state index is 1.12. The van der Waals surface area contributed by atoms with Crippen LogP contribution in [0.15, 0.2) is 55.1 Å². The van der Waals surface area contributed by atoms with Gasteiger partial charge in [-0.2, -0.15) is 0 Å². The van der Waals surface area contributed by atoms with Gasteiger partial charge in [-0.1, -0.05) is 81.1 Å². The van der Waals surface area contributed by atoms with E-state index in [-0.39, 0.29) is 0 Å². The third-order valence-electron chi connectivity index (χ3n) is 3.62. The summed E-state index contributed by atoms with van der Waals surface area (Å²) in [6.07, 6.45) is 12.5. The number of hydrogen-bond donors (Lipinski definition) is 1. The zero-order valence-electron chi connectivity index (χ0n) is 15.6. The van der Waals surface area contributed by atoms with Crippen LogP contribution >= 0.6 is 0 Å². The molecule has 0 bridgehead atoms. The van der Waals surface area contributed by atoms with E-state index in [1.807, 2.05) is 39.8 Å². The Hall–Kier alpha value is -2.54. The van der Waals surface area contributed by atoms with Crippen molar-refractivity contribution in [1.29, 1.82) is 0 Å². The Bertz CT molecular complexity index is 815. The fourth-order valence-electron chi connectivity index (χ4n) is 2.69. The summed E-state index contributed by atoms with van der Waals surface area (Å²) in [5.74, 6) is 0. The first-order valence-electron chi connectivity index (χ1n) is 8.62. The predicted molar refractivity (Wildman–Crippen MR) is 110 cm³/mol. The van der Waals surface area contributed by atoms with Crippen molar-refractivity contribution >= 4 is 23.8 Å². The van der Waals surface area contributed by atoms with Crippen LogP contribution in [0.25, 0.3) is 23.8 Å². The van der Waals surface area contributed by atoms with E-state index in [1.165, 1.54) is 16.3 Å². The lowest BCUT2D eigenvalue weighted by atomic mass is 10.0. The predicted octanol–water partition coefficient (Wildman–Crippen LogP) is 5.29. The molecule has 1 aromatic carbocycles. The quantitative estimate of drug-likeness (QED) is 0.788. The molecule has 2 rings (SSSR count). The molecule has 1 N–H and O–H groups in total. The van der Waals surface area contributed by atoms with Crippen LogP contribution in [-0.4, -0.2) is 4.98 Å². The van der Waals surface area contributed by atoms with Crippen molar-refractivity contribution in [2.24, 2.45) is 0 Å². The molecule has 1 heteroatoms. The first kappa shape index (κ1) is 19.5. The number of nitrogens with one attached hydrogen (secondary N) is 1. The van der Waals surface area contributed by atoms with Crippen molar-refractivity contribution in [2.45, 2.75) is 34.6 Å². The van der Waals surface area contributed by atoms with Crippen molar-refractivity contribution in [2.75, 3.05) is 0 Å². The standard InChI is InChI=1S/C21H23N.C2H6/c1-5-12-19-18(8-4)21(22-20(19)13-6-2)17(7-3)16-14-10-9-11-15-16;1-2/h5-15,22H,3H2,1-2,4H3;1-2H3/b12-5-,13-6-,18-8-,21-17-;. The molecule has 0 aliphatic heterocycles. The maximum absolute atomic E-state index is 4.01. The van der Waals surface area contributed by atoms with Crippen LogP contribution in [0.4, 0.5) is 0 Å². The Morgan fingerprint density at radius 1 is 0.958 bits per heavy atom. The van der Waals surface area contributed by atoms with Crippen molar-refractivity contribution < 1.29 is 0 Å². The van der Waals surface area contributed by atoms with Gasteiger partial charge in [-0.15, -0.1) is 0 Å².